The van der Waals surface area contributed by atoms with Gasteiger partial charge in [0.25, 0.3) is 0 Å². The van der Waals surface area contributed by atoms with Crippen LogP contribution in [-0.2, 0) is 57.5 Å². The van der Waals surface area contributed by atoms with Gasteiger partial charge in [0.2, 0.25) is 64.2 Å². The molecule has 2 fully saturated rings. The summed E-state index contributed by atoms with van der Waals surface area (Å²) < 4.78 is 4.96. The molecule has 0 radical (unpaired) electrons. The van der Waals surface area contributed by atoms with Gasteiger partial charge in [0.1, 0.15) is 48.4 Å². The number of cyclic esters (lactones) is 1. The van der Waals surface area contributed by atoms with E-state index in [1.807, 2.05) is 0 Å². The van der Waals surface area contributed by atoms with Gasteiger partial charge in [-0.15, -0.1) is 0 Å². The monoisotopic (exact) mass is 1060 g/mol. The Balaban J connectivity index is 2.10. The summed E-state index contributed by atoms with van der Waals surface area (Å²) in [6.45, 7) is 0.790. The minimum absolute atomic E-state index is 0.0252. The average Bonchev–Trinajstić information content (AvgIpc) is 3.97. The Morgan fingerprint density at radius 3 is 2.01 bits per heavy atom. The molecule has 18 N–H and O–H groups in total. The maximum atomic E-state index is 13.9. The van der Waals surface area contributed by atoms with E-state index in [-0.39, 0.29) is 44.4 Å². The number of primary amides is 2. The summed E-state index contributed by atoms with van der Waals surface area (Å²) in [5.41, 5.74) is 21.9. The molecular weight excluding hydrogens is 991 g/mol. The zero-order chi connectivity index (χ0) is 54.1. The fourth-order valence-electron chi connectivity index (χ4n) is 7.28. The highest BCUT2D eigenvalue weighted by atomic mass is 32.2. The van der Waals surface area contributed by atoms with Gasteiger partial charge in [0.15, 0.2) is 0 Å². The number of nitrogens with zero attached hydrogens (tertiary/aromatic N) is 1. The number of amides is 11. The molecule has 72 heavy (non-hydrogen) atoms. The van der Waals surface area contributed by atoms with Gasteiger partial charge in [-0.05, 0) is 69.4 Å². The highest BCUT2D eigenvalue weighted by Crippen LogP contribution is 2.20. The van der Waals surface area contributed by atoms with E-state index in [0.29, 0.717) is 43.3 Å². The van der Waals surface area contributed by atoms with Crippen LogP contribution in [0.25, 0.3) is 0 Å². The molecule has 0 aliphatic carbocycles. The van der Waals surface area contributed by atoms with Crippen molar-refractivity contribution in [1.29, 1.82) is 0 Å². The highest BCUT2D eigenvalue weighted by Gasteiger charge is 2.39. The second-order valence-corrected chi connectivity index (χ2v) is 19.3. The first-order chi connectivity index (χ1) is 34.1. The van der Waals surface area contributed by atoms with E-state index in [0.717, 1.165) is 0 Å². The van der Waals surface area contributed by atoms with E-state index >= 15 is 0 Å². The number of hydrogen-bond acceptors (Lipinski definition) is 19. The number of carbonyl (C=O) groups is 12. The Morgan fingerprint density at radius 1 is 0.778 bits per heavy atom. The van der Waals surface area contributed by atoms with Crippen LogP contribution in [0.2, 0.25) is 0 Å². The third kappa shape index (κ3) is 21.5. The second kappa shape index (κ2) is 32.3. The molecule has 0 aromatic heterocycles. The molecule has 0 aromatic carbocycles. The summed E-state index contributed by atoms with van der Waals surface area (Å²) in [6.07, 6.45) is 0.955. The standard InChI is InChI=1S/C42H71N13O15S2/c1-21(2)34(54-38(65)25(11-14-71-3)50-37(64)23(7-4-5-12-43)51-39(66)28-8-6-13-55(28)41(68)22(44)18-56)40(67)52-24(9-10-30(45)58)35(62)47-16-32(60)49-26(19-57)36(63)48-17-33(61)72-20-27-29(15-31(46)59)70-42(69)53-27/h21-29,34,56-57H,4-20,43-44H2,1-3H3,(H2,45,58)(H2,46,59)(H,47,62)(H,48,63)(H,49,60)(H,50,64)(H,51,66)(H,52,67)(H,53,69)(H,54,65)/t22-,23-,24-,25-,26-,27-,28-,29-,34-/m0/s1. The molecule has 2 saturated heterocycles. The van der Waals surface area contributed by atoms with E-state index in [1.165, 1.54) is 16.7 Å². The van der Waals surface area contributed by atoms with E-state index < -0.39 is 163 Å². The highest BCUT2D eigenvalue weighted by molar-refractivity contribution is 8.13. The predicted molar refractivity (Wildman–Crippen MR) is 260 cm³/mol. The fraction of sp³-hybridized carbons (Fsp3) is 0.714. The Morgan fingerprint density at radius 2 is 1.40 bits per heavy atom. The van der Waals surface area contributed by atoms with Gasteiger partial charge in [-0.2, -0.15) is 11.8 Å². The maximum absolute atomic E-state index is 13.9. The molecule has 30 heteroatoms. The number of nitrogens with two attached hydrogens (primary N) is 4. The SMILES string of the molecule is CSCC[C@H](NC(=O)[C@H](CCCCN)NC(=O)[C@@H]1CCCN1C(=O)[C@@H](N)CO)C(=O)N[C@H](C(=O)N[C@@H](CCC(N)=O)C(=O)NCC(=O)N[C@@H](CO)C(=O)NCC(=O)SC[C@@H]1NC(=O)O[C@H]1CC(N)=O)C(C)C. The van der Waals surface area contributed by atoms with Crippen LogP contribution in [-0.4, -0.2) is 197 Å². The minimum atomic E-state index is -1.58. The average molecular weight is 1060 g/mol. The van der Waals surface area contributed by atoms with Gasteiger partial charge >= 0.3 is 6.09 Å². The number of carbonyl (C=O) groups excluding carboxylic acids is 12. The lowest BCUT2D eigenvalue weighted by Crippen LogP contribution is -2.60. The summed E-state index contributed by atoms with van der Waals surface area (Å²) >= 11 is 2.07. The maximum Gasteiger partial charge on any atom is 0.407 e. The number of rotatable bonds is 33. The molecule has 0 saturated carbocycles. The number of unbranched alkanes of at least 4 members (excludes halogenated alkanes) is 1. The number of alkyl carbamates (subject to hydrolysis) is 1. The zero-order valence-corrected chi connectivity index (χ0v) is 42.2. The predicted octanol–water partition coefficient (Wildman–Crippen LogP) is -6.64. The van der Waals surface area contributed by atoms with Gasteiger partial charge in [0, 0.05) is 18.7 Å². The van der Waals surface area contributed by atoms with Gasteiger partial charge in [-0.1, -0.05) is 25.6 Å². The lowest BCUT2D eigenvalue weighted by molar-refractivity contribution is -0.141. The van der Waals surface area contributed by atoms with Crippen molar-refractivity contribution in [3.63, 3.8) is 0 Å². The van der Waals surface area contributed by atoms with E-state index in [4.69, 9.17) is 27.7 Å². The van der Waals surface area contributed by atoms with Crippen molar-refractivity contribution >= 4 is 93.8 Å². The van der Waals surface area contributed by atoms with E-state index in [2.05, 4.69) is 42.5 Å². The van der Waals surface area contributed by atoms with Crippen molar-refractivity contribution in [3.05, 3.63) is 0 Å². The van der Waals surface area contributed by atoms with Crippen LogP contribution in [0.15, 0.2) is 0 Å². The molecule has 0 aromatic rings. The molecule has 2 rings (SSSR count). The Kier molecular flexibility index (Phi) is 27.9. The summed E-state index contributed by atoms with van der Waals surface area (Å²) in [5.74, 6) is -8.41. The summed E-state index contributed by atoms with van der Waals surface area (Å²) in [7, 11) is 0. The van der Waals surface area contributed by atoms with Crippen LogP contribution in [0.5, 0.6) is 0 Å². The van der Waals surface area contributed by atoms with Crippen molar-refractivity contribution in [2.75, 3.05) is 57.2 Å². The Hall–Kier alpha value is -5.82. The number of aliphatic hydroxyl groups excluding tert-OH is 2. The molecule has 11 amide bonds. The number of likely N-dealkylation sites (tertiary alicyclic amines) is 1. The zero-order valence-electron chi connectivity index (χ0n) is 40.6. The number of nitrogens with one attached hydrogen (secondary N) is 8. The van der Waals surface area contributed by atoms with Crippen molar-refractivity contribution in [3.8, 4) is 0 Å². The van der Waals surface area contributed by atoms with Gasteiger partial charge in [-0.3, -0.25) is 52.7 Å². The summed E-state index contributed by atoms with van der Waals surface area (Å²) in [4.78, 5) is 155. The van der Waals surface area contributed by atoms with E-state index in [1.54, 1.807) is 20.1 Å². The molecule has 0 unspecified atom stereocenters. The van der Waals surface area contributed by atoms with Crippen LogP contribution in [0.1, 0.15) is 71.6 Å². The van der Waals surface area contributed by atoms with Crippen LogP contribution in [0, 0.1) is 5.92 Å². The number of aliphatic hydroxyl groups is 2. The molecule has 2 heterocycles. The molecule has 28 nitrogen and oxygen atoms in total. The van der Waals surface area contributed by atoms with Crippen LogP contribution >= 0.6 is 23.5 Å². The van der Waals surface area contributed by atoms with Crippen molar-refractivity contribution in [2.45, 2.75) is 126 Å². The topological polar surface area (TPSA) is 458 Å². The van der Waals surface area contributed by atoms with Crippen LogP contribution < -0.4 is 65.5 Å². The largest absolute Gasteiger partial charge is 0.443 e. The van der Waals surface area contributed by atoms with Crippen molar-refractivity contribution < 1.29 is 72.5 Å². The number of ether oxygens (including phenoxy) is 1. The molecule has 2 aliphatic heterocycles. The van der Waals surface area contributed by atoms with Crippen molar-refractivity contribution in [1.82, 2.24) is 47.4 Å². The lowest BCUT2D eigenvalue weighted by atomic mass is 10.0. The summed E-state index contributed by atoms with van der Waals surface area (Å²) in [5, 5.41) is 38.3. The smallest absolute Gasteiger partial charge is 0.407 e. The van der Waals surface area contributed by atoms with E-state index in [9.17, 15) is 67.7 Å². The minimum Gasteiger partial charge on any atom is -0.443 e. The lowest BCUT2D eigenvalue weighted by Gasteiger charge is -2.29. The quantitative estimate of drug-likeness (QED) is 0.0272. The first kappa shape index (κ1) is 62.3. The molecule has 2 aliphatic rings. The third-order valence-corrected chi connectivity index (χ3v) is 12.9. The molecule has 406 valence electrons. The number of hydrogen-bond donors (Lipinski definition) is 14. The van der Waals surface area contributed by atoms with Crippen LogP contribution in [0.4, 0.5) is 4.79 Å². The van der Waals surface area contributed by atoms with Crippen molar-refractivity contribution in [2.24, 2.45) is 28.9 Å². The first-order valence-electron chi connectivity index (χ1n) is 23.3. The first-order valence-corrected chi connectivity index (χ1v) is 25.7. The third-order valence-electron chi connectivity index (χ3n) is 11.2. The molecular formula is C42H71N13O15S2. The van der Waals surface area contributed by atoms with Gasteiger partial charge in [0.05, 0.1) is 38.8 Å². The molecule has 0 bridgehead atoms. The van der Waals surface area contributed by atoms with Gasteiger partial charge < -0.3 is 85.3 Å². The fourth-order valence-corrected chi connectivity index (χ4v) is 8.59. The molecule has 9 atom stereocenters. The molecule has 0 spiro atoms. The summed E-state index contributed by atoms with van der Waals surface area (Å²) in [6, 6.07) is -9.72. The normalized spacial score (nSPS) is 18.7. The van der Waals surface area contributed by atoms with Gasteiger partial charge in [-0.25, -0.2) is 4.79 Å². The Labute approximate surface area is 424 Å². The number of thioether (sulfide) groups is 2. The Bertz CT molecular complexity index is 1940. The van der Waals surface area contributed by atoms with Crippen LogP contribution in [0.3, 0.4) is 0 Å². The second-order valence-electron chi connectivity index (χ2n) is 17.2.